The lowest BCUT2D eigenvalue weighted by molar-refractivity contribution is -0.144. The first kappa shape index (κ1) is 13.0. The molecule has 1 unspecified atom stereocenters. The summed E-state index contributed by atoms with van der Waals surface area (Å²) < 4.78 is 26.5. The Morgan fingerprint density at radius 1 is 1.33 bits per heavy atom. The van der Waals surface area contributed by atoms with E-state index in [2.05, 4.69) is 4.72 Å². The Hall–Kier alpha value is -1.40. The topological polar surface area (TPSA) is 83.5 Å². The predicted molar refractivity (Wildman–Crippen MR) is 65.5 cm³/mol. The van der Waals surface area contributed by atoms with Gasteiger partial charge >= 0.3 is 5.97 Å². The maximum atomic E-state index is 12.1. The number of carboxylic acid groups (broad SMARTS) is 1. The minimum absolute atomic E-state index is 0.0816. The van der Waals surface area contributed by atoms with E-state index >= 15 is 0 Å². The molecule has 6 heteroatoms. The quantitative estimate of drug-likeness (QED) is 0.841. The highest BCUT2D eigenvalue weighted by molar-refractivity contribution is 7.89. The molecule has 2 rings (SSSR count). The van der Waals surface area contributed by atoms with E-state index in [1.807, 2.05) is 0 Å². The van der Waals surface area contributed by atoms with Gasteiger partial charge < -0.3 is 5.11 Å². The fourth-order valence-electron chi connectivity index (χ4n) is 1.90. The van der Waals surface area contributed by atoms with Crippen molar-refractivity contribution in [2.24, 2.45) is 5.92 Å². The van der Waals surface area contributed by atoms with E-state index in [1.165, 1.54) is 19.1 Å². The standard InChI is InChI=1S/C12H15NO4S/c1-12(11(14)15,9-7-8-9)13-18(16,17)10-5-3-2-4-6-10/h2-6,9,13H,7-8H2,1H3,(H,14,15). The third kappa shape index (κ3) is 2.39. The van der Waals surface area contributed by atoms with Crippen LogP contribution in [-0.4, -0.2) is 25.0 Å². The van der Waals surface area contributed by atoms with Crippen molar-refractivity contribution in [3.8, 4) is 0 Å². The number of rotatable bonds is 5. The van der Waals surface area contributed by atoms with Crippen molar-refractivity contribution < 1.29 is 18.3 Å². The SMILES string of the molecule is CC(NS(=O)(=O)c1ccccc1)(C(=O)O)C1CC1. The van der Waals surface area contributed by atoms with Crippen LogP contribution >= 0.6 is 0 Å². The smallest absolute Gasteiger partial charge is 0.324 e. The second kappa shape index (κ2) is 4.37. The van der Waals surface area contributed by atoms with Crippen LogP contribution in [-0.2, 0) is 14.8 Å². The van der Waals surface area contributed by atoms with Crippen LogP contribution in [0.15, 0.2) is 35.2 Å². The van der Waals surface area contributed by atoms with Crippen molar-refractivity contribution in [2.45, 2.75) is 30.2 Å². The van der Waals surface area contributed by atoms with Gasteiger partial charge in [0.15, 0.2) is 0 Å². The molecule has 1 saturated carbocycles. The molecule has 1 aromatic carbocycles. The summed E-state index contributed by atoms with van der Waals surface area (Å²) in [6.07, 6.45) is 1.47. The van der Waals surface area contributed by atoms with E-state index in [0.29, 0.717) is 0 Å². The number of hydrogen-bond donors (Lipinski definition) is 2. The van der Waals surface area contributed by atoms with E-state index in [1.54, 1.807) is 18.2 Å². The molecule has 0 radical (unpaired) electrons. The average Bonchev–Trinajstić information content (AvgIpc) is 3.13. The highest BCUT2D eigenvalue weighted by Crippen LogP contribution is 2.40. The first-order chi connectivity index (χ1) is 8.36. The van der Waals surface area contributed by atoms with Crippen molar-refractivity contribution in [1.82, 2.24) is 4.72 Å². The average molecular weight is 269 g/mol. The van der Waals surface area contributed by atoms with Gasteiger partial charge in [0, 0.05) is 0 Å². The van der Waals surface area contributed by atoms with Crippen LogP contribution in [0.2, 0.25) is 0 Å². The molecule has 1 aliphatic carbocycles. The Morgan fingerprint density at radius 3 is 2.33 bits per heavy atom. The monoisotopic (exact) mass is 269 g/mol. The Labute approximate surface area is 106 Å². The van der Waals surface area contributed by atoms with Crippen molar-refractivity contribution in [3.63, 3.8) is 0 Å². The van der Waals surface area contributed by atoms with E-state index in [9.17, 15) is 18.3 Å². The van der Waals surface area contributed by atoms with Crippen molar-refractivity contribution >= 4 is 16.0 Å². The lowest BCUT2D eigenvalue weighted by atomic mass is 9.98. The molecule has 0 amide bonds. The van der Waals surface area contributed by atoms with Crippen LogP contribution in [0, 0.1) is 5.92 Å². The molecule has 98 valence electrons. The van der Waals surface area contributed by atoms with Crippen LogP contribution in [0.1, 0.15) is 19.8 Å². The van der Waals surface area contributed by atoms with E-state index in [0.717, 1.165) is 12.8 Å². The molecule has 1 aromatic rings. The molecule has 0 aromatic heterocycles. The molecule has 1 fully saturated rings. The summed E-state index contributed by atoms with van der Waals surface area (Å²) in [5, 5.41) is 9.23. The number of aliphatic carboxylic acids is 1. The molecular formula is C12H15NO4S. The first-order valence-corrected chi connectivity index (χ1v) is 7.17. The van der Waals surface area contributed by atoms with Crippen LogP contribution in [0.3, 0.4) is 0 Å². The maximum Gasteiger partial charge on any atom is 0.324 e. The van der Waals surface area contributed by atoms with Gasteiger partial charge in [-0.15, -0.1) is 0 Å². The molecule has 0 bridgehead atoms. The van der Waals surface area contributed by atoms with Gasteiger partial charge in [0.2, 0.25) is 10.0 Å². The zero-order valence-corrected chi connectivity index (χ0v) is 10.8. The van der Waals surface area contributed by atoms with Gasteiger partial charge in [-0.05, 0) is 37.8 Å². The summed E-state index contributed by atoms with van der Waals surface area (Å²) in [7, 11) is -3.80. The maximum absolute atomic E-state index is 12.1. The Bertz CT molecular complexity index is 551. The van der Waals surface area contributed by atoms with Gasteiger partial charge in [-0.25, -0.2) is 8.42 Å². The summed E-state index contributed by atoms with van der Waals surface area (Å²) in [5.41, 5.74) is -1.42. The number of carboxylic acids is 1. The van der Waals surface area contributed by atoms with Gasteiger partial charge in [-0.1, -0.05) is 18.2 Å². The summed E-state index contributed by atoms with van der Waals surface area (Å²) in [4.78, 5) is 11.4. The van der Waals surface area contributed by atoms with Crippen molar-refractivity contribution in [1.29, 1.82) is 0 Å². The molecule has 0 spiro atoms. The molecule has 2 N–H and O–H groups in total. The number of nitrogens with one attached hydrogen (secondary N) is 1. The number of benzene rings is 1. The molecule has 1 aliphatic rings. The molecule has 1 atom stereocenters. The molecule has 0 saturated heterocycles. The normalized spacial score (nSPS) is 19.2. The predicted octanol–water partition coefficient (Wildman–Crippen LogP) is 1.22. The molecule has 18 heavy (non-hydrogen) atoms. The number of sulfonamides is 1. The minimum Gasteiger partial charge on any atom is -0.480 e. The Balaban J connectivity index is 2.30. The number of hydrogen-bond acceptors (Lipinski definition) is 3. The van der Waals surface area contributed by atoms with Crippen molar-refractivity contribution in [3.05, 3.63) is 30.3 Å². The van der Waals surface area contributed by atoms with Crippen LogP contribution in [0.25, 0.3) is 0 Å². The third-order valence-electron chi connectivity index (χ3n) is 3.24. The van der Waals surface area contributed by atoms with Gasteiger partial charge in [-0.2, -0.15) is 4.72 Å². The lowest BCUT2D eigenvalue weighted by Crippen LogP contribution is -2.53. The summed E-state index contributed by atoms with van der Waals surface area (Å²) in [6.45, 7) is 1.42. The Morgan fingerprint density at radius 2 is 1.89 bits per heavy atom. The highest BCUT2D eigenvalue weighted by atomic mass is 32.2. The van der Waals surface area contributed by atoms with E-state index in [-0.39, 0.29) is 10.8 Å². The van der Waals surface area contributed by atoms with E-state index in [4.69, 9.17) is 0 Å². The van der Waals surface area contributed by atoms with Gasteiger partial charge in [0.25, 0.3) is 0 Å². The zero-order valence-electron chi connectivity index (χ0n) is 9.96. The summed E-state index contributed by atoms with van der Waals surface area (Å²) in [5.74, 6) is -1.27. The van der Waals surface area contributed by atoms with Crippen LogP contribution < -0.4 is 4.72 Å². The van der Waals surface area contributed by atoms with Crippen LogP contribution in [0.4, 0.5) is 0 Å². The van der Waals surface area contributed by atoms with E-state index < -0.39 is 21.5 Å². The lowest BCUT2D eigenvalue weighted by Gasteiger charge is -2.25. The fraction of sp³-hybridized carbons (Fsp3) is 0.417. The van der Waals surface area contributed by atoms with Crippen molar-refractivity contribution in [2.75, 3.05) is 0 Å². The molecule has 0 aliphatic heterocycles. The zero-order chi connectivity index (χ0) is 13.4. The summed E-state index contributed by atoms with van der Waals surface area (Å²) >= 11 is 0. The highest BCUT2D eigenvalue weighted by Gasteiger charge is 2.50. The van der Waals surface area contributed by atoms with Crippen LogP contribution in [0.5, 0.6) is 0 Å². The Kier molecular flexibility index (Phi) is 3.16. The second-order valence-electron chi connectivity index (χ2n) is 4.70. The second-order valence-corrected chi connectivity index (χ2v) is 6.38. The minimum atomic E-state index is -3.80. The molecule has 0 heterocycles. The summed E-state index contributed by atoms with van der Waals surface area (Å²) in [6, 6.07) is 7.79. The largest absolute Gasteiger partial charge is 0.480 e. The first-order valence-electron chi connectivity index (χ1n) is 5.69. The molecule has 5 nitrogen and oxygen atoms in total. The fourth-order valence-corrected chi connectivity index (χ4v) is 3.35. The van der Waals surface area contributed by atoms with Gasteiger partial charge in [0.1, 0.15) is 5.54 Å². The molecular weight excluding hydrogens is 254 g/mol. The van der Waals surface area contributed by atoms with Gasteiger partial charge in [-0.3, -0.25) is 4.79 Å². The third-order valence-corrected chi connectivity index (χ3v) is 4.82. The number of carbonyl (C=O) groups is 1. The van der Waals surface area contributed by atoms with Gasteiger partial charge in [0.05, 0.1) is 4.90 Å².